The molecule has 0 radical (unpaired) electrons. The van der Waals surface area contributed by atoms with Gasteiger partial charge >= 0.3 is 51.5 Å². The number of nitrogens with two attached hydrogens (primary N) is 1. The zero-order valence-corrected chi connectivity index (χ0v) is 10.0. The van der Waals surface area contributed by atoms with Gasteiger partial charge in [0, 0.05) is 18.3 Å². The molecule has 0 saturated carbocycles. The molecule has 0 saturated heterocycles. The average Bonchev–Trinajstić information content (AvgIpc) is 2.39. The SMILES string of the molecule is NC(Cc1cnc[nH]1)C(=O)O.[H-].[H-].[Sr+2]. The maximum atomic E-state index is 10.3. The third kappa shape index (κ3) is 3.68. The largest absolute Gasteiger partial charge is 2.00 e. The maximum Gasteiger partial charge on any atom is 2.00 e. The molecule has 1 aromatic rings. The molecule has 1 aromatic heterocycles. The number of hydrogen-bond acceptors (Lipinski definition) is 3. The molecule has 0 fully saturated rings. The Bertz CT molecular complexity index is 245. The first-order valence-corrected chi connectivity index (χ1v) is 3.16. The molecular formula is C6H11N3O2Sr. The van der Waals surface area contributed by atoms with Gasteiger partial charge in [-0.05, 0) is 0 Å². The second-order valence-corrected chi connectivity index (χ2v) is 2.23. The molecule has 64 valence electrons. The van der Waals surface area contributed by atoms with Crippen molar-refractivity contribution in [3.8, 4) is 0 Å². The minimum Gasteiger partial charge on any atom is -1.00 e. The van der Waals surface area contributed by atoms with E-state index in [4.69, 9.17) is 10.8 Å². The van der Waals surface area contributed by atoms with Crippen LogP contribution in [0.15, 0.2) is 12.5 Å². The Balaban J connectivity index is -0.000000403. The molecular weight excluding hydrogens is 234 g/mol. The van der Waals surface area contributed by atoms with Crippen LogP contribution in [0.3, 0.4) is 0 Å². The number of carboxylic acid groups (broad SMARTS) is 1. The molecule has 0 aromatic carbocycles. The van der Waals surface area contributed by atoms with Crippen LogP contribution in [0.25, 0.3) is 0 Å². The molecule has 5 nitrogen and oxygen atoms in total. The Morgan fingerprint density at radius 2 is 2.58 bits per heavy atom. The van der Waals surface area contributed by atoms with E-state index in [0.717, 1.165) is 5.69 Å². The van der Waals surface area contributed by atoms with Crippen LogP contribution in [0, 0.1) is 0 Å². The van der Waals surface area contributed by atoms with Crippen molar-refractivity contribution >= 4 is 51.5 Å². The fraction of sp³-hybridized carbons (Fsp3) is 0.333. The van der Waals surface area contributed by atoms with Gasteiger partial charge in [-0.3, -0.25) is 4.79 Å². The molecule has 1 atom stereocenters. The first kappa shape index (κ1) is 12.1. The smallest absolute Gasteiger partial charge is 1.00 e. The van der Waals surface area contributed by atoms with Crippen molar-refractivity contribution in [3.05, 3.63) is 18.2 Å². The number of nitrogens with one attached hydrogen (secondary N) is 1. The Kier molecular flexibility index (Phi) is 5.77. The first-order valence-electron chi connectivity index (χ1n) is 3.16. The molecule has 4 N–H and O–H groups in total. The van der Waals surface area contributed by atoms with E-state index in [0.29, 0.717) is 0 Å². The molecule has 1 heterocycles. The molecule has 1 unspecified atom stereocenters. The number of aromatic nitrogens is 2. The van der Waals surface area contributed by atoms with E-state index in [9.17, 15) is 4.79 Å². The van der Waals surface area contributed by atoms with E-state index < -0.39 is 12.0 Å². The first-order chi connectivity index (χ1) is 5.20. The van der Waals surface area contributed by atoms with Gasteiger partial charge in [-0.1, -0.05) is 0 Å². The predicted octanol–water partition coefficient (Wildman–Crippen LogP) is -0.792. The number of hydrogen-bond donors (Lipinski definition) is 3. The second-order valence-electron chi connectivity index (χ2n) is 2.23. The molecule has 0 amide bonds. The predicted molar refractivity (Wildman–Crippen MR) is 45.9 cm³/mol. The molecule has 0 bridgehead atoms. The van der Waals surface area contributed by atoms with E-state index in [1.54, 1.807) is 6.20 Å². The number of nitrogens with zero attached hydrogens (tertiary/aromatic N) is 1. The Labute approximate surface area is 110 Å². The van der Waals surface area contributed by atoms with E-state index in [1.807, 2.05) is 0 Å². The van der Waals surface area contributed by atoms with Crippen LogP contribution in [0.1, 0.15) is 8.55 Å². The van der Waals surface area contributed by atoms with Gasteiger partial charge in [0.2, 0.25) is 0 Å². The summed E-state index contributed by atoms with van der Waals surface area (Å²) < 4.78 is 0. The Morgan fingerprint density at radius 1 is 1.92 bits per heavy atom. The van der Waals surface area contributed by atoms with Crippen LogP contribution < -0.4 is 5.73 Å². The normalized spacial score (nSPS) is 11.8. The van der Waals surface area contributed by atoms with E-state index >= 15 is 0 Å². The number of carbonyl (C=O) groups is 1. The molecule has 6 heteroatoms. The Morgan fingerprint density at radius 3 is 3.00 bits per heavy atom. The van der Waals surface area contributed by atoms with Crippen molar-refractivity contribution in [2.24, 2.45) is 5.73 Å². The zero-order chi connectivity index (χ0) is 8.27. The summed E-state index contributed by atoms with van der Waals surface area (Å²) in [6, 6.07) is -0.851. The molecule has 12 heavy (non-hydrogen) atoms. The number of aromatic amines is 1. The van der Waals surface area contributed by atoms with Crippen LogP contribution >= 0.6 is 0 Å². The molecule has 0 spiro atoms. The van der Waals surface area contributed by atoms with Gasteiger partial charge in [0.05, 0.1) is 6.33 Å². The van der Waals surface area contributed by atoms with Crippen molar-refractivity contribution < 1.29 is 12.8 Å². The summed E-state index contributed by atoms with van der Waals surface area (Å²) in [5, 5.41) is 8.42. The molecule has 0 aliphatic rings. The van der Waals surface area contributed by atoms with Gasteiger partial charge in [0.15, 0.2) is 0 Å². The van der Waals surface area contributed by atoms with Gasteiger partial charge < -0.3 is 18.7 Å². The third-order valence-corrected chi connectivity index (χ3v) is 1.31. The minimum atomic E-state index is -1.00. The van der Waals surface area contributed by atoms with Gasteiger partial charge in [0.1, 0.15) is 6.04 Å². The van der Waals surface area contributed by atoms with E-state index in [-0.39, 0.29) is 54.8 Å². The van der Waals surface area contributed by atoms with Crippen LogP contribution in [0.5, 0.6) is 0 Å². The summed E-state index contributed by atoms with van der Waals surface area (Å²) in [7, 11) is 0. The number of imidazole rings is 1. The van der Waals surface area contributed by atoms with E-state index in [1.165, 1.54) is 6.33 Å². The van der Waals surface area contributed by atoms with Gasteiger partial charge in [-0.15, -0.1) is 0 Å². The average molecular weight is 245 g/mol. The fourth-order valence-corrected chi connectivity index (χ4v) is 0.721. The monoisotopic (exact) mass is 245 g/mol. The summed E-state index contributed by atoms with van der Waals surface area (Å²) in [5.74, 6) is -1.00. The number of aliphatic carboxylic acids is 1. The van der Waals surface area contributed by atoms with Crippen LogP contribution in [-0.2, 0) is 11.2 Å². The molecule has 0 aliphatic heterocycles. The summed E-state index contributed by atoms with van der Waals surface area (Å²) in [6.45, 7) is 0. The van der Waals surface area contributed by atoms with Gasteiger partial charge in [0.25, 0.3) is 0 Å². The van der Waals surface area contributed by atoms with Crippen molar-refractivity contribution in [1.29, 1.82) is 0 Å². The van der Waals surface area contributed by atoms with Crippen molar-refractivity contribution in [2.45, 2.75) is 12.5 Å². The topological polar surface area (TPSA) is 92.0 Å². The summed E-state index contributed by atoms with van der Waals surface area (Å²) in [4.78, 5) is 16.8. The summed E-state index contributed by atoms with van der Waals surface area (Å²) >= 11 is 0. The van der Waals surface area contributed by atoms with Crippen LogP contribution in [0.4, 0.5) is 0 Å². The van der Waals surface area contributed by atoms with Crippen LogP contribution in [-0.4, -0.2) is 72.6 Å². The van der Waals surface area contributed by atoms with E-state index in [2.05, 4.69) is 9.97 Å². The minimum absolute atomic E-state index is 0. The second kappa shape index (κ2) is 5.71. The van der Waals surface area contributed by atoms with Crippen molar-refractivity contribution in [2.75, 3.05) is 0 Å². The van der Waals surface area contributed by atoms with Gasteiger partial charge in [-0.25, -0.2) is 4.98 Å². The third-order valence-electron chi connectivity index (χ3n) is 1.31. The maximum absolute atomic E-state index is 10.3. The van der Waals surface area contributed by atoms with Crippen molar-refractivity contribution in [3.63, 3.8) is 0 Å². The Hall–Kier alpha value is 0.121. The van der Waals surface area contributed by atoms with Crippen molar-refractivity contribution in [1.82, 2.24) is 9.97 Å². The molecule has 1 rings (SSSR count). The number of rotatable bonds is 3. The number of carboxylic acids is 1. The molecule has 0 aliphatic carbocycles. The zero-order valence-electron chi connectivity index (χ0n) is 8.53. The summed E-state index contributed by atoms with van der Waals surface area (Å²) in [6.07, 6.45) is 3.34. The quantitative estimate of drug-likeness (QED) is 0.608. The number of H-pyrrole nitrogens is 1. The van der Waals surface area contributed by atoms with Crippen LogP contribution in [0.2, 0.25) is 0 Å². The fourth-order valence-electron chi connectivity index (χ4n) is 0.721. The summed E-state index contributed by atoms with van der Waals surface area (Å²) in [5.41, 5.74) is 6.00. The standard InChI is InChI=1S/C6H9N3O2.Sr.2H/c7-5(6(10)11)1-4-2-8-3-9-4;;;/h2-3,5H,1,7H2,(H,8,9)(H,10,11);;;/q;+2;2*-1. The van der Waals surface area contributed by atoms with Gasteiger partial charge in [-0.2, -0.15) is 0 Å².